The van der Waals surface area contributed by atoms with Crippen LogP contribution >= 0.6 is 0 Å². The van der Waals surface area contributed by atoms with E-state index in [0.717, 1.165) is 12.8 Å². The number of ether oxygens (including phenoxy) is 1. The molecule has 0 aliphatic heterocycles. The summed E-state index contributed by atoms with van der Waals surface area (Å²) in [6.45, 7) is 7.58. The van der Waals surface area contributed by atoms with E-state index in [1.165, 1.54) is 0 Å². The van der Waals surface area contributed by atoms with Gasteiger partial charge in [-0.15, -0.1) is 0 Å². The second-order valence-electron chi connectivity index (χ2n) is 5.16. The van der Waals surface area contributed by atoms with Crippen molar-refractivity contribution in [2.45, 2.75) is 32.6 Å². The van der Waals surface area contributed by atoms with E-state index in [4.69, 9.17) is 9.15 Å². The van der Waals surface area contributed by atoms with Gasteiger partial charge in [0, 0.05) is 5.92 Å². The van der Waals surface area contributed by atoms with Crippen LogP contribution in [0.15, 0.2) is 11.0 Å². The van der Waals surface area contributed by atoms with Crippen LogP contribution in [0.5, 0.6) is 0 Å². The first-order valence-corrected chi connectivity index (χ1v) is 6.93. The molecule has 4 nitrogen and oxygen atoms in total. The molecule has 21 heavy (non-hydrogen) atoms. The van der Waals surface area contributed by atoms with E-state index in [9.17, 15) is 9.65 Å². The lowest BCUT2D eigenvalue weighted by atomic mass is 9.99. The minimum atomic E-state index is -0.556. The highest BCUT2D eigenvalue weighted by Crippen LogP contribution is 2.42. The Bertz CT molecular complexity index is 782. The third-order valence-electron chi connectivity index (χ3n) is 3.69. The molecule has 3 rings (SSSR count). The Morgan fingerprint density at radius 2 is 2.29 bits per heavy atom. The predicted molar refractivity (Wildman–Crippen MR) is 76.1 cm³/mol. The number of fused-ring (bicyclic) bond motifs is 1. The molecule has 1 aromatic carbocycles. The van der Waals surface area contributed by atoms with E-state index in [-0.39, 0.29) is 22.8 Å². The molecule has 0 radical (unpaired) electrons. The lowest BCUT2D eigenvalue weighted by molar-refractivity contribution is 0.297. The molecule has 0 spiro atoms. The quantitative estimate of drug-likeness (QED) is 0.796. The van der Waals surface area contributed by atoms with Crippen LogP contribution < -0.4 is 0 Å². The lowest BCUT2D eigenvalue weighted by Gasteiger charge is -2.12. The summed E-state index contributed by atoms with van der Waals surface area (Å²) >= 11 is 0. The zero-order valence-corrected chi connectivity index (χ0v) is 12.0. The maximum atomic E-state index is 14.7. The number of halogens is 1. The van der Waals surface area contributed by atoms with Crippen molar-refractivity contribution >= 4 is 16.9 Å². The van der Waals surface area contributed by atoms with Gasteiger partial charge in [-0.2, -0.15) is 5.26 Å². The van der Waals surface area contributed by atoms with Crippen LogP contribution in [0.3, 0.4) is 0 Å². The van der Waals surface area contributed by atoms with E-state index in [1.54, 1.807) is 13.8 Å². The lowest BCUT2D eigenvalue weighted by Crippen LogP contribution is -2.01. The summed E-state index contributed by atoms with van der Waals surface area (Å²) in [7, 11) is 0. The van der Waals surface area contributed by atoms with Crippen molar-refractivity contribution in [1.82, 2.24) is 4.98 Å². The van der Waals surface area contributed by atoms with Crippen molar-refractivity contribution in [3.8, 4) is 6.07 Å². The molecule has 108 valence electrons. The fraction of sp³-hybridized carbons (Fsp3) is 0.375. The first kappa shape index (κ1) is 13.6. The van der Waals surface area contributed by atoms with Gasteiger partial charge in [0.25, 0.3) is 0 Å². The Morgan fingerprint density at radius 1 is 1.57 bits per heavy atom. The molecular weight excluding hydrogens is 271 g/mol. The molecule has 0 atom stereocenters. The third kappa shape index (κ3) is 2.07. The summed E-state index contributed by atoms with van der Waals surface area (Å²) in [4.78, 5) is 4.31. The largest absolute Gasteiger partial charge is 0.494 e. The number of oxazole rings is 1. The van der Waals surface area contributed by atoms with Gasteiger partial charge >= 0.3 is 0 Å². The molecular formula is C16H15FN2O2. The van der Waals surface area contributed by atoms with Crippen molar-refractivity contribution in [2.24, 2.45) is 0 Å². The van der Waals surface area contributed by atoms with Gasteiger partial charge in [0.2, 0.25) is 0 Å². The van der Waals surface area contributed by atoms with Gasteiger partial charge in [-0.05, 0) is 32.3 Å². The van der Waals surface area contributed by atoms with Crippen LogP contribution in [0.1, 0.15) is 48.3 Å². The van der Waals surface area contributed by atoms with Crippen molar-refractivity contribution < 1.29 is 13.5 Å². The van der Waals surface area contributed by atoms with Crippen LogP contribution in [0.25, 0.3) is 16.9 Å². The van der Waals surface area contributed by atoms with Crippen LogP contribution in [0, 0.1) is 24.1 Å². The van der Waals surface area contributed by atoms with Crippen molar-refractivity contribution in [2.75, 3.05) is 6.61 Å². The highest BCUT2D eigenvalue weighted by Gasteiger charge is 2.31. The predicted octanol–water partition coefficient (Wildman–Crippen LogP) is 4.03. The average molecular weight is 286 g/mol. The molecule has 0 bridgehead atoms. The normalized spacial score (nSPS) is 14.2. The van der Waals surface area contributed by atoms with E-state index in [0.29, 0.717) is 29.1 Å². The number of benzene rings is 1. The maximum absolute atomic E-state index is 14.7. The number of nitriles is 1. The number of aromatic nitrogens is 1. The topological polar surface area (TPSA) is 59.0 Å². The van der Waals surface area contributed by atoms with Gasteiger partial charge < -0.3 is 9.15 Å². The van der Waals surface area contributed by atoms with Crippen molar-refractivity contribution in [3.05, 3.63) is 35.0 Å². The van der Waals surface area contributed by atoms with Crippen LogP contribution in [0.4, 0.5) is 4.39 Å². The zero-order chi connectivity index (χ0) is 15.1. The molecule has 1 aliphatic carbocycles. The van der Waals surface area contributed by atoms with Crippen molar-refractivity contribution in [3.63, 3.8) is 0 Å². The molecule has 0 N–H and O–H groups in total. The molecule has 2 aromatic rings. The summed E-state index contributed by atoms with van der Waals surface area (Å²) in [5, 5.41) is 9.38. The molecule has 1 saturated carbocycles. The van der Waals surface area contributed by atoms with E-state index >= 15 is 0 Å². The Kier molecular flexibility index (Phi) is 3.17. The second kappa shape index (κ2) is 4.88. The highest BCUT2D eigenvalue weighted by molar-refractivity contribution is 5.86. The van der Waals surface area contributed by atoms with Crippen LogP contribution in [-0.4, -0.2) is 11.6 Å². The molecule has 1 heterocycles. The Labute approximate surface area is 121 Å². The van der Waals surface area contributed by atoms with Gasteiger partial charge in [0.05, 0.1) is 17.7 Å². The minimum Gasteiger partial charge on any atom is -0.494 e. The van der Waals surface area contributed by atoms with E-state index < -0.39 is 5.82 Å². The monoisotopic (exact) mass is 286 g/mol. The fourth-order valence-electron chi connectivity index (χ4n) is 2.46. The average Bonchev–Trinajstić information content (AvgIpc) is 3.20. The maximum Gasteiger partial charge on any atom is 0.198 e. The summed E-state index contributed by atoms with van der Waals surface area (Å²) in [5.41, 5.74) is 1.31. The number of hydrogen-bond donors (Lipinski definition) is 0. The fourth-order valence-corrected chi connectivity index (χ4v) is 2.46. The highest BCUT2D eigenvalue weighted by atomic mass is 19.1. The van der Waals surface area contributed by atoms with E-state index in [2.05, 4.69) is 17.6 Å². The smallest absolute Gasteiger partial charge is 0.198 e. The summed E-state index contributed by atoms with van der Waals surface area (Å²) in [5.74, 6) is 0.413. The molecule has 1 fully saturated rings. The van der Waals surface area contributed by atoms with Gasteiger partial charge in [0.1, 0.15) is 17.3 Å². The number of nitrogens with zero attached hydrogens (tertiary/aromatic N) is 2. The van der Waals surface area contributed by atoms with E-state index in [1.807, 2.05) is 0 Å². The van der Waals surface area contributed by atoms with Gasteiger partial charge in [-0.3, -0.25) is 0 Å². The first-order chi connectivity index (χ1) is 10.1. The molecule has 5 heteroatoms. The summed E-state index contributed by atoms with van der Waals surface area (Å²) in [6, 6.07) is 2.09. The molecule has 1 aliphatic rings. The SMILES string of the molecule is C=C(OCC)c1c(C)c(C#N)c2nc(C3CC3)oc2c1F. The minimum absolute atomic E-state index is 0.0231. The number of hydrogen-bond acceptors (Lipinski definition) is 4. The van der Waals surface area contributed by atoms with Crippen LogP contribution in [0.2, 0.25) is 0 Å². The Hall–Kier alpha value is -2.35. The third-order valence-corrected chi connectivity index (χ3v) is 3.69. The molecule has 0 saturated heterocycles. The molecule has 0 amide bonds. The zero-order valence-electron chi connectivity index (χ0n) is 12.0. The Morgan fingerprint density at radius 3 is 2.86 bits per heavy atom. The number of rotatable bonds is 4. The summed E-state index contributed by atoms with van der Waals surface area (Å²) in [6.07, 6.45) is 1.99. The molecule has 1 aromatic heterocycles. The first-order valence-electron chi connectivity index (χ1n) is 6.93. The standard InChI is InChI=1S/C16H15FN2O2/c1-4-20-9(3)12-8(2)11(7-18)14-15(13(12)17)21-16(19-14)10-5-6-10/h10H,3-6H2,1-2H3. The van der Waals surface area contributed by atoms with Crippen LogP contribution in [-0.2, 0) is 4.74 Å². The van der Waals surface area contributed by atoms with Gasteiger partial charge in [-0.25, -0.2) is 9.37 Å². The van der Waals surface area contributed by atoms with Gasteiger partial charge in [-0.1, -0.05) is 6.58 Å². The van der Waals surface area contributed by atoms with Gasteiger partial charge in [0.15, 0.2) is 17.3 Å². The molecule has 0 unspecified atom stereocenters. The Balaban J connectivity index is 2.29. The summed E-state index contributed by atoms with van der Waals surface area (Å²) < 4.78 is 25.6. The van der Waals surface area contributed by atoms with Crippen molar-refractivity contribution in [1.29, 1.82) is 5.26 Å². The second-order valence-corrected chi connectivity index (χ2v) is 5.16.